The standard InChI is InChI=1S/C14H22BrNO/c1-11(2)8-16-9-12(3)17-10-13-6-4-5-7-14(13)15/h4-7,11-12,16H,8-10H2,1-3H3. The molecule has 0 aliphatic rings. The number of halogens is 1. The maximum Gasteiger partial charge on any atom is 0.0732 e. The van der Waals surface area contributed by atoms with Gasteiger partial charge < -0.3 is 10.1 Å². The topological polar surface area (TPSA) is 21.3 Å². The van der Waals surface area contributed by atoms with Crippen molar-refractivity contribution in [3.05, 3.63) is 34.3 Å². The summed E-state index contributed by atoms with van der Waals surface area (Å²) in [5, 5.41) is 3.40. The highest BCUT2D eigenvalue weighted by atomic mass is 79.9. The third kappa shape index (κ3) is 6.20. The molecule has 3 heteroatoms. The van der Waals surface area contributed by atoms with Crippen molar-refractivity contribution in [1.82, 2.24) is 5.32 Å². The summed E-state index contributed by atoms with van der Waals surface area (Å²) in [5.74, 6) is 0.686. The summed E-state index contributed by atoms with van der Waals surface area (Å²) >= 11 is 3.52. The summed E-state index contributed by atoms with van der Waals surface area (Å²) in [5.41, 5.74) is 1.20. The van der Waals surface area contributed by atoms with Crippen LogP contribution in [-0.4, -0.2) is 19.2 Å². The van der Waals surface area contributed by atoms with Gasteiger partial charge in [-0.15, -0.1) is 0 Å². The SMILES string of the molecule is CC(C)CNCC(C)OCc1ccccc1Br. The molecule has 0 aliphatic heterocycles. The number of hydrogen-bond acceptors (Lipinski definition) is 2. The molecule has 0 aromatic heterocycles. The van der Waals surface area contributed by atoms with E-state index in [9.17, 15) is 0 Å². The average Bonchev–Trinajstić information content (AvgIpc) is 2.27. The van der Waals surface area contributed by atoms with Crippen molar-refractivity contribution in [2.24, 2.45) is 5.92 Å². The van der Waals surface area contributed by atoms with Crippen LogP contribution in [0.1, 0.15) is 26.3 Å². The molecule has 1 atom stereocenters. The lowest BCUT2D eigenvalue weighted by Crippen LogP contribution is -2.29. The zero-order chi connectivity index (χ0) is 12.7. The molecule has 0 heterocycles. The summed E-state index contributed by atoms with van der Waals surface area (Å²) in [6.07, 6.45) is 0.237. The molecule has 1 N–H and O–H groups in total. The molecule has 0 bridgehead atoms. The zero-order valence-electron chi connectivity index (χ0n) is 10.9. The number of ether oxygens (including phenoxy) is 1. The van der Waals surface area contributed by atoms with E-state index in [1.807, 2.05) is 18.2 Å². The molecule has 0 amide bonds. The fraction of sp³-hybridized carbons (Fsp3) is 0.571. The van der Waals surface area contributed by atoms with Crippen molar-refractivity contribution in [2.75, 3.05) is 13.1 Å². The Bertz CT molecular complexity index is 328. The molecular weight excluding hydrogens is 278 g/mol. The molecule has 96 valence electrons. The lowest BCUT2D eigenvalue weighted by Gasteiger charge is -2.15. The second-order valence-electron chi connectivity index (χ2n) is 4.77. The van der Waals surface area contributed by atoms with Crippen molar-refractivity contribution in [1.29, 1.82) is 0 Å². The van der Waals surface area contributed by atoms with Crippen LogP contribution in [0.2, 0.25) is 0 Å². The predicted octanol–water partition coefficient (Wildman–Crippen LogP) is 3.60. The van der Waals surface area contributed by atoms with Crippen LogP contribution in [0.15, 0.2) is 28.7 Å². The Morgan fingerprint density at radius 2 is 1.88 bits per heavy atom. The van der Waals surface area contributed by atoms with E-state index in [2.05, 4.69) is 48.1 Å². The smallest absolute Gasteiger partial charge is 0.0732 e. The Morgan fingerprint density at radius 3 is 2.53 bits per heavy atom. The monoisotopic (exact) mass is 299 g/mol. The molecule has 1 aromatic carbocycles. The minimum Gasteiger partial charge on any atom is -0.372 e. The molecule has 17 heavy (non-hydrogen) atoms. The van der Waals surface area contributed by atoms with Gasteiger partial charge >= 0.3 is 0 Å². The van der Waals surface area contributed by atoms with E-state index in [0.29, 0.717) is 12.5 Å². The van der Waals surface area contributed by atoms with Crippen LogP contribution in [0.25, 0.3) is 0 Å². The van der Waals surface area contributed by atoms with Gasteiger partial charge in [-0.25, -0.2) is 0 Å². The van der Waals surface area contributed by atoms with Crippen molar-refractivity contribution in [2.45, 2.75) is 33.5 Å². The van der Waals surface area contributed by atoms with E-state index < -0.39 is 0 Å². The Labute approximate surface area is 113 Å². The van der Waals surface area contributed by atoms with Crippen molar-refractivity contribution < 1.29 is 4.74 Å². The third-order valence-corrected chi connectivity index (χ3v) is 3.24. The van der Waals surface area contributed by atoms with Crippen LogP contribution >= 0.6 is 15.9 Å². The lowest BCUT2D eigenvalue weighted by atomic mass is 10.2. The molecular formula is C14H22BrNO. The molecule has 0 fully saturated rings. The van der Waals surface area contributed by atoms with Gasteiger partial charge in [-0.2, -0.15) is 0 Å². The van der Waals surface area contributed by atoms with Gasteiger partial charge in [0.25, 0.3) is 0 Å². The maximum absolute atomic E-state index is 5.80. The van der Waals surface area contributed by atoms with Crippen LogP contribution in [0.3, 0.4) is 0 Å². The number of benzene rings is 1. The predicted molar refractivity (Wildman–Crippen MR) is 76.1 cm³/mol. The normalized spacial score (nSPS) is 13.0. The molecule has 0 saturated heterocycles. The van der Waals surface area contributed by atoms with E-state index in [0.717, 1.165) is 17.6 Å². The molecule has 0 aliphatic carbocycles. The van der Waals surface area contributed by atoms with Gasteiger partial charge in [0.1, 0.15) is 0 Å². The van der Waals surface area contributed by atoms with Crippen molar-refractivity contribution in [3.63, 3.8) is 0 Å². The maximum atomic E-state index is 5.80. The van der Waals surface area contributed by atoms with Crippen LogP contribution < -0.4 is 5.32 Å². The Hall–Kier alpha value is -0.380. The van der Waals surface area contributed by atoms with Crippen LogP contribution in [-0.2, 0) is 11.3 Å². The Kier molecular flexibility index (Phi) is 6.78. The second kappa shape index (κ2) is 7.85. The van der Waals surface area contributed by atoms with E-state index >= 15 is 0 Å². The van der Waals surface area contributed by atoms with Gasteiger partial charge in [0.2, 0.25) is 0 Å². The first-order valence-electron chi connectivity index (χ1n) is 6.15. The lowest BCUT2D eigenvalue weighted by molar-refractivity contribution is 0.0525. The van der Waals surface area contributed by atoms with E-state index in [1.54, 1.807) is 0 Å². The van der Waals surface area contributed by atoms with Gasteiger partial charge in [-0.05, 0) is 31.0 Å². The summed E-state index contributed by atoms with van der Waals surface area (Å²) in [6.45, 7) is 9.13. The van der Waals surface area contributed by atoms with Crippen molar-refractivity contribution >= 4 is 15.9 Å². The first-order chi connectivity index (χ1) is 8.09. The summed E-state index contributed by atoms with van der Waals surface area (Å²) < 4.78 is 6.91. The zero-order valence-corrected chi connectivity index (χ0v) is 12.5. The summed E-state index contributed by atoms with van der Waals surface area (Å²) in [4.78, 5) is 0. The molecule has 0 saturated carbocycles. The van der Waals surface area contributed by atoms with Gasteiger partial charge in [0.15, 0.2) is 0 Å². The first-order valence-corrected chi connectivity index (χ1v) is 6.94. The molecule has 0 radical (unpaired) electrons. The highest BCUT2D eigenvalue weighted by Gasteiger charge is 2.04. The number of rotatable bonds is 7. The Morgan fingerprint density at radius 1 is 1.18 bits per heavy atom. The summed E-state index contributed by atoms with van der Waals surface area (Å²) in [6, 6.07) is 8.17. The highest BCUT2D eigenvalue weighted by molar-refractivity contribution is 9.10. The third-order valence-electron chi connectivity index (χ3n) is 2.47. The van der Waals surface area contributed by atoms with Gasteiger partial charge in [-0.1, -0.05) is 48.0 Å². The van der Waals surface area contributed by atoms with E-state index in [1.165, 1.54) is 5.56 Å². The van der Waals surface area contributed by atoms with Crippen LogP contribution in [0.4, 0.5) is 0 Å². The molecule has 0 spiro atoms. The highest BCUT2D eigenvalue weighted by Crippen LogP contribution is 2.17. The minimum atomic E-state index is 0.237. The van der Waals surface area contributed by atoms with Gasteiger partial charge in [0, 0.05) is 11.0 Å². The van der Waals surface area contributed by atoms with Crippen molar-refractivity contribution in [3.8, 4) is 0 Å². The quantitative estimate of drug-likeness (QED) is 0.831. The fourth-order valence-electron chi connectivity index (χ4n) is 1.48. The Balaban J connectivity index is 2.24. The van der Waals surface area contributed by atoms with Gasteiger partial charge in [0.05, 0.1) is 12.7 Å². The van der Waals surface area contributed by atoms with Gasteiger partial charge in [-0.3, -0.25) is 0 Å². The largest absolute Gasteiger partial charge is 0.372 e. The van der Waals surface area contributed by atoms with E-state index in [4.69, 9.17) is 4.74 Å². The summed E-state index contributed by atoms with van der Waals surface area (Å²) in [7, 11) is 0. The number of hydrogen-bond donors (Lipinski definition) is 1. The molecule has 1 unspecified atom stereocenters. The number of nitrogens with one attached hydrogen (secondary N) is 1. The molecule has 1 rings (SSSR count). The fourth-order valence-corrected chi connectivity index (χ4v) is 1.88. The second-order valence-corrected chi connectivity index (χ2v) is 5.62. The van der Waals surface area contributed by atoms with Crippen LogP contribution in [0.5, 0.6) is 0 Å². The molecule has 2 nitrogen and oxygen atoms in total. The molecule has 1 aromatic rings. The van der Waals surface area contributed by atoms with E-state index in [-0.39, 0.29) is 6.10 Å². The average molecular weight is 300 g/mol. The minimum absolute atomic E-state index is 0.237. The van der Waals surface area contributed by atoms with Crippen LogP contribution in [0, 0.1) is 5.92 Å². The first kappa shape index (κ1) is 14.7.